The van der Waals surface area contributed by atoms with Crippen LogP contribution in [0.2, 0.25) is 0 Å². The van der Waals surface area contributed by atoms with Crippen molar-refractivity contribution >= 4 is 15.9 Å². The van der Waals surface area contributed by atoms with Gasteiger partial charge in [0.2, 0.25) is 10.0 Å². The highest BCUT2D eigenvalue weighted by Crippen LogP contribution is 2.31. The minimum atomic E-state index is -3.57. The maximum absolute atomic E-state index is 12.9. The van der Waals surface area contributed by atoms with Crippen molar-refractivity contribution in [3.63, 3.8) is 0 Å². The van der Waals surface area contributed by atoms with Crippen LogP contribution in [0, 0.1) is 0 Å². The third kappa shape index (κ3) is 4.38. The fourth-order valence-electron chi connectivity index (χ4n) is 3.49. The molecule has 1 aliphatic heterocycles. The lowest BCUT2D eigenvalue weighted by Gasteiger charge is -2.21. The molecule has 0 aliphatic carbocycles. The molecule has 0 unspecified atom stereocenters. The molecule has 0 atom stereocenters. The van der Waals surface area contributed by atoms with Crippen molar-refractivity contribution < 1.29 is 22.7 Å². The number of carbonyl (C=O) groups is 1. The van der Waals surface area contributed by atoms with Gasteiger partial charge < -0.3 is 14.4 Å². The third-order valence-corrected chi connectivity index (χ3v) is 6.92. The standard InChI is InChI=1S/C21H26N2O5S/c1-22(15-17-9-7-11-19(27-2)20(17)28-3)21(24)16-8-6-10-18(14-16)29(25,26)23-12-4-5-13-23/h6-11,14H,4-5,12-13,15H2,1-3H3. The molecule has 1 fully saturated rings. The summed E-state index contributed by atoms with van der Waals surface area (Å²) in [7, 11) is 1.21. The minimum absolute atomic E-state index is 0.151. The van der Waals surface area contributed by atoms with Crippen molar-refractivity contribution in [2.75, 3.05) is 34.4 Å². The van der Waals surface area contributed by atoms with Gasteiger partial charge in [-0.1, -0.05) is 18.2 Å². The predicted octanol–water partition coefficient (Wildman–Crippen LogP) is 2.76. The number of benzene rings is 2. The molecule has 0 aromatic heterocycles. The zero-order chi connectivity index (χ0) is 21.0. The fraction of sp³-hybridized carbons (Fsp3) is 0.381. The fourth-order valence-corrected chi connectivity index (χ4v) is 5.06. The van der Waals surface area contributed by atoms with Gasteiger partial charge in [-0.15, -0.1) is 0 Å². The maximum atomic E-state index is 12.9. The highest BCUT2D eigenvalue weighted by molar-refractivity contribution is 7.89. The molecule has 0 radical (unpaired) electrons. The summed E-state index contributed by atoms with van der Waals surface area (Å²) in [6.07, 6.45) is 1.73. The Hall–Kier alpha value is -2.58. The van der Waals surface area contributed by atoms with E-state index < -0.39 is 10.0 Å². The maximum Gasteiger partial charge on any atom is 0.253 e. The van der Waals surface area contributed by atoms with E-state index in [4.69, 9.17) is 9.47 Å². The lowest BCUT2D eigenvalue weighted by molar-refractivity contribution is 0.0783. The van der Waals surface area contributed by atoms with Gasteiger partial charge in [0.15, 0.2) is 11.5 Å². The summed E-state index contributed by atoms with van der Waals surface area (Å²) in [5, 5.41) is 0. The van der Waals surface area contributed by atoms with Crippen LogP contribution in [0.3, 0.4) is 0 Å². The summed E-state index contributed by atoms with van der Waals surface area (Å²) in [5.74, 6) is 0.887. The molecular formula is C21H26N2O5S. The van der Waals surface area contributed by atoms with Crippen LogP contribution in [0.5, 0.6) is 11.5 Å². The van der Waals surface area contributed by atoms with Gasteiger partial charge in [0, 0.05) is 37.8 Å². The second-order valence-electron chi connectivity index (χ2n) is 6.95. The molecule has 7 nitrogen and oxygen atoms in total. The van der Waals surface area contributed by atoms with Gasteiger partial charge in [0.1, 0.15) is 0 Å². The number of hydrogen-bond donors (Lipinski definition) is 0. The van der Waals surface area contributed by atoms with E-state index in [1.807, 2.05) is 12.1 Å². The van der Waals surface area contributed by atoms with E-state index >= 15 is 0 Å². The molecule has 2 aromatic rings. The number of sulfonamides is 1. The monoisotopic (exact) mass is 418 g/mol. The summed E-state index contributed by atoms with van der Waals surface area (Å²) in [5.41, 5.74) is 1.12. The van der Waals surface area contributed by atoms with Gasteiger partial charge in [-0.25, -0.2) is 8.42 Å². The van der Waals surface area contributed by atoms with Gasteiger partial charge in [0.25, 0.3) is 5.91 Å². The molecule has 1 amide bonds. The van der Waals surface area contributed by atoms with E-state index in [-0.39, 0.29) is 10.8 Å². The number of carbonyl (C=O) groups excluding carboxylic acids is 1. The molecule has 29 heavy (non-hydrogen) atoms. The second kappa shape index (κ2) is 8.84. The van der Waals surface area contributed by atoms with Crippen molar-refractivity contribution in [3.8, 4) is 11.5 Å². The Labute approximate surface area is 171 Å². The van der Waals surface area contributed by atoms with Crippen LogP contribution in [-0.4, -0.2) is 57.9 Å². The largest absolute Gasteiger partial charge is 0.493 e. The van der Waals surface area contributed by atoms with Crippen molar-refractivity contribution in [1.82, 2.24) is 9.21 Å². The molecule has 2 aromatic carbocycles. The Balaban J connectivity index is 1.82. The number of amides is 1. The summed E-state index contributed by atoms with van der Waals surface area (Å²) in [6, 6.07) is 11.7. The summed E-state index contributed by atoms with van der Waals surface area (Å²) in [4.78, 5) is 14.6. The molecule has 156 valence electrons. The zero-order valence-electron chi connectivity index (χ0n) is 16.9. The van der Waals surface area contributed by atoms with Crippen LogP contribution < -0.4 is 9.47 Å². The predicted molar refractivity (Wildman–Crippen MR) is 110 cm³/mol. The smallest absolute Gasteiger partial charge is 0.253 e. The van der Waals surface area contributed by atoms with Crippen LogP contribution in [0.1, 0.15) is 28.8 Å². The molecule has 1 heterocycles. The Kier molecular flexibility index (Phi) is 6.44. The quantitative estimate of drug-likeness (QED) is 0.691. The molecule has 1 saturated heterocycles. The summed E-state index contributed by atoms with van der Waals surface area (Å²) in [6.45, 7) is 1.34. The van der Waals surface area contributed by atoms with Crippen molar-refractivity contribution in [2.24, 2.45) is 0 Å². The highest BCUT2D eigenvalue weighted by atomic mass is 32.2. The van der Waals surface area contributed by atoms with E-state index in [0.717, 1.165) is 18.4 Å². The van der Waals surface area contributed by atoms with E-state index in [0.29, 0.717) is 36.7 Å². The SMILES string of the molecule is COc1cccc(CN(C)C(=O)c2cccc(S(=O)(=O)N3CCCC3)c2)c1OC. The minimum Gasteiger partial charge on any atom is -0.493 e. The Morgan fingerprint density at radius 2 is 1.76 bits per heavy atom. The molecule has 3 rings (SSSR count). The number of ether oxygens (including phenoxy) is 2. The van der Waals surface area contributed by atoms with E-state index in [1.54, 1.807) is 39.5 Å². The number of methoxy groups -OCH3 is 2. The first kappa shape index (κ1) is 21.1. The highest BCUT2D eigenvalue weighted by Gasteiger charge is 2.28. The van der Waals surface area contributed by atoms with E-state index in [1.165, 1.54) is 21.3 Å². The topological polar surface area (TPSA) is 76.2 Å². The Morgan fingerprint density at radius 1 is 1.07 bits per heavy atom. The van der Waals surface area contributed by atoms with Crippen molar-refractivity contribution in [3.05, 3.63) is 53.6 Å². The normalized spacial score (nSPS) is 14.6. The van der Waals surface area contributed by atoms with Crippen LogP contribution in [-0.2, 0) is 16.6 Å². The van der Waals surface area contributed by atoms with Gasteiger partial charge in [-0.2, -0.15) is 4.31 Å². The lowest BCUT2D eigenvalue weighted by atomic mass is 10.1. The molecule has 8 heteroatoms. The summed E-state index contributed by atoms with van der Waals surface area (Å²) >= 11 is 0. The zero-order valence-corrected chi connectivity index (χ0v) is 17.7. The lowest BCUT2D eigenvalue weighted by Crippen LogP contribution is -2.29. The average molecular weight is 419 g/mol. The third-order valence-electron chi connectivity index (χ3n) is 5.02. The van der Waals surface area contributed by atoms with Crippen molar-refractivity contribution in [1.29, 1.82) is 0 Å². The van der Waals surface area contributed by atoms with Gasteiger partial charge in [0.05, 0.1) is 19.1 Å². The molecule has 1 aliphatic rings. The number of nitrogens with zero attached hydrogens (tertiary/aromatic N) is 2. The molecular weight excluding hydrogens is 392 g/mol. The number of para-hydroxylation sites is 1. The molecule has 0 saturated carbocycles. The molecule has 0 N–H and O–H groups in total. The molecule has 0 bridgehead atoms. The Bertz CT molecular complexity index is 984. The van der Waals surface area contributed by atoms with Gasteiger partial charge in [-0.3, -0.25) is 4.79 Å². The van der Waals surface area contributed by atoms with E-state index in [2.05, 4.69) is 0 Å². The average Bonchev–Trinajstić information content (AvgIpc) is 3.28. The first-order valence-electron chi connectivity index (χ1n) is 9.44. The first-order chi connectivity index (χ1) is 13.9. The summed E-state index contributed by atoms with van der Waals surface area (Å²) < 4.78 is 37.8. The molecule has 0 spiro atoms. The van der Waals surface area contributed by atoms with Crippen LogP contribution in [0.4, 0.5) is 0 Å². The van der Waals surface area contributed by atoms with E-state index in [9.17, 15) is 13.2 Å². The second-order valence-corrected chi connectivity index (χ2v) is 8.89. The van der Waals surface area contributed by atoms with Gasteiger partial charge >= 0.3 is 0 Å². The Morgan fingerprint density at radius 3 is 2.41 bits per heavy atom. The first-order valence-corrected chi connectivity index (χ1v) is 10.9. The van der Waals surface area contributed by atoms with Crippen LogP contribution in [0.25, 0.3) is 0 Å². The number of hydrogen-bond acceptors (Lipinski definition) is 5. The number of rotatable bonds is 7. The van der Waals surface area contributed by atoms with Crippen molar-refractivity contribution in [2.45, 2.75) is 24.3 Å². The van der Waals surface area contributed by atoms with Gasteiger partial charge in [-0.05, 0) is 37.1 Å². The van der Waals surface area contributed by atoms with Crippen LogP contribution >= 0.6 is 0 Å². The van der Waals surface area contributed by atoms with Crippen LogP contribution in [0.15, 0.2) is 47.4 Å².